The van der Waals surface area contributed by atoms with Crippen molar-refractivity contribution in [2.45, 2.75) is 25.4 Å². The number of hydrogen-bond acceptors (Lipinski definition) is 5. The summed E-state index contributed by atoms with van der Waals surface area (Å²) >= 11 is 0. The molecule has 1 aromatic rings. The van der Waals surface area contributed by atoms with E-state index in [0.29, 0.717) is 11.3 Å². The van der Waals surface area contributed by atoms with Crippen LogP contribution >= 0.6 is 0 Å². The van der Waals surface area contributed by atoms with Crippen molar-refractivity contribution in [1.82, 2.24) is 4.90 Å². The molecule has 1 saturated heterocycles. The van der Waals surface area contributed by atoms with Crippen LogP contribution in [0.5, 0.6) is 0 Å². The van der Waals surface area contributed by atoms with Crippen molar-refractivity contribution >= 4 is 17.3 Å². The Balaban J connectivity index is 1.75. The molecule has 1 aromatic carbocycles. The molecule has 2 heterocycles. The van der Waals surface area contributed by atoms with Gasteiger partial charge in [0.1, 0.15) is 0 Å². The number of amides is 1. The fraction of sp³-hybridized carbons (Fsp3) is 0.429. The lowest BCUT2D eigenvalue weighted by Gasteiger charge is -2.18. The van der Waals surface area contributed by atoms with Gasteiger partial charge in [0.25, 0.3) is 11.6 Å². The van der Waals surface area contributed by atoms with E-state index in [4.69, 9.17) is 4.84 Å². The molecular formula is C14H15N3O4. The monoisotopic (exact) mass is 289 g/mol. The number of nitro benzene ring substituents is 1. The van der Waals surface area contributed by atoms with Gasteiger partial charge in [0, 0.05) is 25.6 Å². The van der Waals surface area contributed by atoms with Crippen molar-refractivity contribution in [2.24, 2.45) is 5.16 Å². The number of oxime groups is 1. The van der Waals surface area contributed by atoms with Crippen molar-refractivity contribution in [3.05, 3.63) is 39.9 Å². The molecule has 3 rings (SSSR count). The maximum absolute atomic E-state index is 12.2. The molecule has 0 spiro atoms. The van der Waals surface area contributed by atoms with E-state index in [-0.39, 0.29) is 18.0 Å². The highest BCUT2D eigenvalue weighted by molar-refractivity contribution is 6.06. The van der Waals surface area contributed by atoms with E-state index < -0.39 is 11.0 Å². The zero-order valence-electron chi connectivity index (χ0n) is 11.4. The summed E-state index contributed by atoms with van der Waals surface area (Å²) in [5.74, 6) is -0.0789. The van der Waals surface area contributed by atoms with Crippen molar-refractivity contribution < 1.29 is 14.6 Å². The second kappa shape index (κ2) is 5.51. The minimum absolute atomic E-state index is 0.0193. The molecule has 7 heteroatoms. The lowest BCUT2D eigenvalue weighted by atomic mass is 10.0. The molecule has 2 aliphatic rings. The van der Waals surface area contributed by atoms with Gasteiger partial charge in [-0.1, -0.05) is 17.3 Å². The van der Waals surface area contributed by atoms with Crippen LogP contribution in [-0.4, -0.2) is 40.6 Å². The van der Waals surface area contributed by atoms with E-state index in [1.165, 1.54) is 6.07 Å². The number of nitrogens with zero attached hydrogens (tertiary/aromatic N) is 3. The van der Waals surface area contributed by atoms with E-state index in [1.54, 1.807) is 23.1 Å². The zero-order chi connectivity index (χ0) is 14.8. The van der Waals surface area contributed by atoms with Gasteiger partial charge in [-0.25, -0.2) is 0 Å². The van der Waals surface area contributed by atoms with Gasteiger partial charge < -0.3 is 9.74 Å². The Hall–Kier alpha value is -2.44. The first-order valence-electron chi connectivity index (χ1n) is 6.92. The maximum atomic E-state index is 12.2. The number of benzene rings is 1. The van der Waals surface area contributed by atoms with Crippen LogP contribution in [0.25, 0.3) is 0 Å². The average molecular weight is 289 g/mol. The molecule has 0 saturated carbocycles. The normalized spacial score (nSPS) is 21.0. The number of likely N-dealkylation sites (tertiary alicyclic amines) is 1. The van der Waals surface area contributed by atoms with E-state index in [0.717, 1.165) is 25.9 Å². The first-order chi connectivity index (χ1) is 10.2. The van der Waals surface area contributed by atoms with Crippen LogP contribution < -0.4 is 0 Å². The summed E-state index contributed by atoms with van der Waals surface area (Å²) in [5, 5.41) is 14.9. The summed E-state index contributed by atoms with van der Waals surface area (Å²) in [5.41, 5.74) is 0.855. The zero-order valence-corrected chi connectivity index (χ0v) is 11.4. The van der Waals surface area contributed by atoms with Gasteiger partial charge in [0.15, 0.2) is 0 Å². The van der Waals surface area contributed by atoms with Crippen LogP contribution in [0.3, 0.4) is 0 Å². The number of para-hydroxylation sites is 1. The molecule has 1 amide bonds. The Morgan fingerprint density at radius 1 is 1.33 bits per heavy atom. The third kappa shape index (κ3) is 2.58. The largest absolute Gasteiger partial charge is 0.382 e. The minimum Gasteiger partial charge on any atom is -0.382 e. The lowest BCUT2D eigenvalue weighted by Crippen LogP contribution is -2.37. The van der Waals surface area contributed by atoms with Crippen molar-refractivity contribution in [1.29, 1.82) is 0 Å². The molecule has 1 unspecified atom stereocenters. The Morgan fingerprint density at radius 3 is 2.76 bits per heavy atom. The number of hydrogen-bond donors (Lipinski definition) is 0. The Bertz CT molecular complexity index is 608. The highest BCUT2D eigenvalue weighted by Gasteiger charge is 2.35. The quantitative estimate of drug-likeness (QED) is 0.626. The molecule has 21 heavy (non-hydrogen) atoms. The van der Waals surface area contributed by atoms with Gasteiger partial charge in [-0.3, -0.25) is 14.9 Å². The van der Waals surface area contributed by atoms with Crippen molar-refractivity contribution in [3.63, 3.8) is 0 Å². The van der Waals surface area contributed by atoms with Gasteiger partial charge in [0.05, 0.1) is 16.2 Å². The van der Waals surface area contributed by atoms with E-state index >= 15 is 0 Å². The van der Waals surface area contributed by atoms with Crippen molar-refractivity contribution in [3.8, 4) is 0 Å². The fourth-order valence-electron chi connectivity index (χ4n) is 2.69. The molecule has 1 atom stereocenters. The van der Waals surface area contributed by atoms with Gasteiger partial charge >= 0.3 is 0 Å². The Morgan fingerprint density at radius 2 is 2.05 bits per heavy atom. The molecule has 7 nitrogen and oxygen atoms in total. The van der Waals surface area contributed by atoms with Crippen LogP contribution in [0.15, 0.2) is 29.4 Å². The Labute approximate surface area is 121 Å². The van der Waals surface area contributed by atoms with Crippen LogP contribution in [-0.2, 0) is 9.63 Å². The molecule has 0 aromatic heterocycles. The smallest absolute Gasteiger partial charge is 0.278 e. The van der Waals surface area contributed by atoms with Crippen molar-refractivity contribution in [2.75, 3.05) is 13.1 Å². The molecule has 1 fully saturated rings. The molecule has 0 radical (unpaired) electrons. The van der Waals surface area contributed by atoms with E-state index in [2.05, 4.69) is 5.16 Å². The number of rotatable bonds is 3. The fourth-order valence-corrected chi connectivity index (χ4v) is 2.69. The summed E-state index contributed by atoms with van der Waals surface area (Å²) in [6.07, 6.45) is 1.64. The van der Waals surface area contributed by atoms with Gasteiger partial charge in [-0.2, -0.15) is 0 Å². The average Bonchev–Trinajstić information content (AvgIpc) is 3.18. The summed E-state index contributed by atoms with van der Waals surface area (Å²) in [6.45, 7) is 1.50. The summed E-state index contributed by atoms with van der Waals surface area (Å²) < 4.78 is 0. The van der Waals surface area contributed by atoms with Gasteiger partial charge in [-0.15, -0.1) is 0 Å². The molecule has 0 bridgehead atoms. The summed E-state index contributed by atoms with van der Waals surface area (Å²) in [7, 11) is 0. The molecule has 0 N–H and O–H groups in total. The second-order valence-corrected chi connectivity index (χ2v) is 5.14. The number of carbonyl (C=O) groups excluding carboxylic acids is 1. The topological polar surface area (TPSA) is 85.0 Å². The minimum atomic E-state index is -0.655. The third-order valence-corrected chi connectivity index (χ3v) is 3.77. The Kier molecular flexibility index (Phi) is 3.55. The second-order valence-electron chi connectivity index (χ2n) is 5.14. The first kappa shape index (κ1) is 13.5. The maximum Gasteiger partial charge on any atom is 0.278 e. The van der Waals surface area contributed by atoms with Crippen LogP contribution in [0.1, 0.15) is 24.8 Å². The van der Waals surface area contributed by atoms with E-state index in [1.807, 2.05) is 0 Å². The van der Waals surface area contributed by atoms with Gasteiger partial charge in [0.2, 0.25) is 6.10 Å². The lowest BCUT2D eigenvalue weighted by molar-refractivity contribution is -0.385. The molecule has 0 aliphatic carbocycles. The predicted octanol–water partition coefficient (Wildman–Crippen LogP) is 1.71. The van der Waals surface area contributed by atoms with Crippen LogP contribution in [0, 0.1) is 10.1 Å². The highest BCUT2D eigenvalue weighted by atomic mass is 16.6. The predicted molar refractivity (Wildman–Crippen MR) is 74.9 cm³/mol. The molecule has 2 aliphatic heterocycles. The summed E-state index contributed by atoms with van der Waals surface area (Å²) in [6, 6.07) is 6.36. The van der Waals surface area contributed by atoms with E-state index in [9.17, 15) is 14.9 Å². The van der Waals surface area contributed by atoms with Crippen LogP contribution in [0.4, 0.5) is 5.69 Å². The standard InChI is InChI=1S/C14H15N3O4/c18-14(16-7-3-4-8-16)13-9-11(15-21-13)10-5-1-2-6-12(10)17(19)20/h1-2,5-6,13H,3-4,7-9H2. The van der Waals surface area contributed by atoms with Crippen LogP contribution in [0.2, 0.25) is 0 Å². The molecule has 110 valence electrons. The SMILES string of the molecule is O=C(C1CC(c2ccccc2[N+](=O)[O-])=NO1)N1CCCC1. The highest BCUT2D eigenvalue weighted by Crippen LogP contribution is 2.25. The summed E-state index contributed by atoms with van der Waals surface area (Å²) in [4.78, 5) is 29.8. The number of carbonyl (C=O) groups is 1. The molecular weight excluding hydrogens is 274 g/mol. The number of nitro groups is 1. The van der Waals surface area contributed by atoms with Gasteiger partial charge in [-0.05, 0) is 18.9 Å². The first-order valence-corrected chi connectivity index (χ1v) is 6.92. The third-order valence-electron chi connectivity index (χ3n) is 3.77.